The summed E-state index contributed by atoms with van der Waals surface area (Å²) < 4.78 is 31.3. The third-order valence-corrected chi connectivity index (χ3v) is 6.17. The third-order valence-electron chi connectivity index (χ3n) is 3.84. The highest BCUT2D eigenvalue weighted by Crippen LogP contribution is 2.33. The molecule has 0 bridgehead atoms. The molecule has 0 radical (unpaired) electrons. The lowest BCUT2D eigenvalue weighted by molar-refractivity contribution is 0.0978. The van der Waals surface area contributed by atoms with E-state index in [2.05, 4.69) is 0 Å². The Morgan fingerprint density at radius 2 is 1.64 bits per heavy atom. The van der Waals surface area contributed by atoms with E-state index >= 15 is 0 Å². The molecule has 3 aromatic rings. The maximum atomic E-state index is 13.0. The lowest BCUT2D eigenvalue weighted by Gasteiger charge is -2.15. The van der Waals surface area contributed by atoms with Crippen LogP contribution in [0.25, 0.3) is 0 Å². The zero-order valence-corrected chi connectivity index (χ0v) is 14.7. The lowest BCUT2D eigenvalue weighted by atomic mass is 10.1. The fraction of sp³-hybridized carbons (Fsp3) is 0.105. The molecule has 1 heterocycles. The monoisotopic (exact) mass is 374 g/mol. The summed E-state index contributed by atoms with van der Waals surface area (Å²) in [6.45, 7) is 0. The maximum Gasteiger partial charge on any atom is 0.188 e. The maximum absolute atomic E-state index is 13.0. The molecule has 0 aliphatic heterocycles. The Bertz CT molecular complexity index is 946. The van der Waals surface area contributed by atoms with Crippen LogP contribution >= 0.6 is 11.6 Å². The average Bonchev–Trinajstić information content (AvgIpc) is 3.15. The first-order chi connectivity index (χ1) is 12.0. The topological polar surface area (TPSA) is 64.3 Å². The van der Waals surface area contributed by atoms with Crippen molar-refractivity contribution in [3.63, 3.8) is 0 Å². The van der Waals surface area contributed by atoms with Crippen LogP contribution in [0.2, 0.25) is 5.02 Å². The number of sulfone groups is 1. The van der Waals surface area contributed by atoms with E-state index < -0.39 is 15.1 Å². The second-order valence-corrected chi connectivity index (χ2v) is 8.06. The van der Waals surface area contributed by atoms with Crippen LogP contribution < -0.4 is 0 Å². The molecule has 0 amide bonds. The quantitative estimate of drug-likeness (QED) is 0.585. The van der Waals surface area contributed by atoms with Gasteiger partial charge in [0.15, 0.2) is 15.6 Å². The largest absolute Gasteiger partial charge is 0.468 e. The fourth-order valence-corrected chi connectivity index (χ4v) is 4.34. The number of rotatable bonds is 6. The molecule has 0 saturated carbocycles. The zero-order chi connectivity index (χ0) is 17.9. The average molecular weight is 375 g/mol. The Kier molecular flexibility index (Phi) is 5.06. The van der Waals surface area contributed by atoms with Gasteiger partial charge in [-0.05, 0) is 48.5 Å². The van der Waals surface area contributed by atoms with Crippen LogP contribution in [0.3, 0.4) is 0 Å². The van der Waals surface area contributed by atoms with Crippen molar-refractivity contribution < 1.29 is 17.6 Å². The molecule has 25 heavy (non-hydrogen) atoms. The van der Waals surface area contributed by atoms with Crippen molar-refractivity contribution >= 4 is 27.2 Å². The van der Waals surface area contributed by atoms with Crippen molar-refractivity contribution in [3.05, 3.63) is 89.3 Å². The minimum atomic E-state index is -3.78. The number of carbonyl (C=O) groups excluding carboxylic acids is 1. The molecule has 1 aromatic heterocycles. The van der Waals surface area contributed by atoms with Crippen LogP contribution in [-0.2, 0) is 9.84 Å². The van der Waals surface area contributed by atoms with Gasteiger partial charge < -0.3 is 4.42 Å². The normalized spacial score (nSPS) is 12.7. The molecule has 0 unspecified atom stereocenters. The highest BCUT2D eigenvalue weighted by atomic mass is 35.5. The molecule has 0 N–H and O–H groups in total. The van der Waals surface area contributed by atoms with Crippen molar-refractivity contribution in [1.29, 1.82) is 0 Å². The second kappa shape index (κ2) is 7.25. The van der Waals surface area contributed by atoms with Gasteiger partial charge in [0.25, 0.3) is 0 Å². The summed E-state index contributed by atoms with van der Waals surface area (Å²) in [6, 6.07) is 17.6. The van der Waals surface area contributed by atoms with E-state index in [0.29, 0.717) is 10.6 Å². The molecule has 0 aliphatic carbocycles. The van der Waals surface area contributed by atoms with Crippen molar-refractivity contribution in [2.45, 2.75) is 16.6 Å². The van der Waals surface area contributed by atoms with E-state index in [-0.39, 0.29) is 22.9 Å². The standard InChI is InChI=1S/C19H15ClO4S/c20-15-10-8-14(9-11-15)17(21)13-19(18-7-4-12-24-18)25(22,23)16-5-2-1-3-6-16/h1-12,19H,13H2/t19-/m1/s1. The number of hydrogen-bond donors (Lipinski definition) is 0. The number of hydrogen-bond acceptors (Lipinski definition) is 4. The number of carbonyl (C=O) groups is 1. The minimum Gasteiger partial charge on any atom is -0.468 e. The summed E-state index contributed by atoms with van der Waals surface area (Å²) >= 11 is 5.83. The van der Waals surface area contributed by atoms with E-state index in [0.717, 1.165) is 0 Å². The summed E-state index contributed by atoms with van der Waals surface area (Å²) in [7, 11) is -3.78. The molecule has 0 saturated heterocycles. The number of Topliss-reactive ketones (excluding diaryl/α,β-unsaturated/α-hetero) is 1. The van der Waals surface area contributed by atoms with Crippen molar-refractivity contribution in [2.24, 2.45) is 0 Å². The molecule has 6 heteroatoms. The minimum absolute atomic E-state index is 0.153. The Morgan fingerprint density at radius 3 is 2.24 bits per heavy atom. The smallest absolute Gasteiger partial charge is 0.188 e. The first-order valence-corrected chi connectivity index (χ1v) is 9.52. The summed E-state index contributed by atoms with van der Waals surface area (Å²) in [5, 5.41) is -0.580. The van der Waals surface area contributed by atoms with Gasteiger partial charge in [-0.25, -0.2) is 8.42 Å². The molecule has 128 valence electrons. The van der Waals surface area contributed by atoms with Gasteiger partial charge >= 0.3 is 0 Å². The predicted molar refractivity (Wildman–Crippen MR) is 95.5 cm³/mol. The van der Waals surface area contributed by atoms with Gasteiger partial charge in [-0.15, -0.1) is 0 Å². The number of ketones is 1. The van der Waals surface area contributed by atoms with Crippen LogP contribution in [0.4, 0.5) is 0 Å². The van der Waals surface area contributed by atoms with Crippen LogP contribution in [0.5, 0.6) is 0 Å². The predicted octanol–water partition coefficient (Wildman–Crippen LogP) is 4.72. The SMILES string of the molecule is O=C(C[C@H](c1ccco1)S(=O)(=O)c1ccccc1)c1ccc(Cl)cc1. The molecular weight excluding hydrogens is 360 g/mol. The van der Waals surface area contributed by atoms with Gasteiger partial charge in [-0.2, -0.15) is 0 Å². The first-order valence-electron chi connectivity index (χ1n) is 7.59. The van der Waals surface area contributed by atoms with Gasteiger partial charge in [-0.3, -0.25) is 4.79 Å². The number of halogens is 1. The van der Waals surface area contributed by atoms with Gasteiger partial charge in [0.2, 0.25) is 0 Å². The van der Waals surface area contributed by atoms with E-state index in [1.807, 2.05) is 0 Å². The van der Waals surface area contributed by atoms with E-state index in [1.165, 1.54) is 18.4 Å². The van der Waals surface area contributed by atoms with Crippen LogP contribution in [-0.4, -0.2) is 14.2 Å². The Hall–Kier alpha value is -2.37. The first kappa shape index (κ1) is 17.5. The van der Waals surface area contributed by atoms with E-state index in [1.54, 1.807) is 54.6 Å². The zero-order valence-electron chi connectivity index (χ0n) is 13.1. The highest BCUT2D eigenvalue weighted by molar-refractivity contribution is 7.91. The summed E-state index contributed by atoms with van der Waals surface area (Å²) in [5.74, 6) is -0.0521. The molecule has 4 nitrogen and oxygen atoms in total. The summed E-state index contributed by atoms with van der Waals surface area (Å²) in [4.78, 5) is 12.7. The number of benzene rings is 2. The second-order valence-electron chi connectivity index (χ2n) is 5.50. The number of furan rings is 1. The van der Waals surface area contributed by atoms with Crippen LogP contribution in [0.15, 0.2) is 82.3 Å². The van der Waals surface area contributed by atoms with Gasteiger partial charge in [0, 0.05) is 17.0 Å². The molecular formula is C19H15ClO4S. The summed E-state index contributed by atoms with van der Waals surface area (Å²) in [6.07, 6.45) is 1.18. The van der Waals surface area contributed by atoms with Crippen LogP contribution in [0, 0.1) is 0 Å². The van der Waals surface area contributed by atoms with Gasteiger partial charge in [0.1, 0.15) is 11.0 Å². The molecule has 2 aromatic carbocycles. The fourth-order valence-electron chi connectivity index (χ4n) is 2.53. The molecule has 3 rings (SSSR count). The molecule has 0 spiro atoms. The van der Waals surface area contributed by atoms with Gasteiger partial charge in [0.05, 0.1) is 11.2 Å². The third kappa shape index (κ3) is 3.83. The Labute approximate surface area is 151 Å². The Morgan fingerprint density at radius 1 is 0.960 bits per heavy atom. The Balaban J connectivity index is 1.96. The highest BCUT2D eigenvalue weighted by Gasteiger charge is 2.33. The van der Waals surface area contributed by atoms with Gasteiger partial charge in [-0.1, -0.05) is 29.8 Å². The van der Waals surface area contributed by atoms with E-state index in [9.17, 15) is 13.2 Å². The summed E-state index contributed by atoms with van der Waals surface area (Å²) in [5.41, 5.74) is 0.407. The van der Waals surface area contributed by atoms with Crippen LogP contribution in [0.1, 0.15) is 27.8 Å². The van der Waals surface area contributed by atoms with Crippen molar-refractivity contribution in [3.8, 4) is 0 Å². The van der Waals surface area contributed by atoms with Crippen molar-refractivity contribution in [2.75, 3.05) is 0 Å². The molecule has 0 aliphatic rings. The van der Waals surface area contributed by atoms with E-state index in [4.69, 9.17) is 16.0 Å². The lowest BCUT2D eigenvalue weighted by Crippen LogP contribution is -2.17. The molecule has 1 atom stereocenters. The van der Waals surface area contributed by atoms with Crippen molar-refractivity contribution in [1.82, 2.24) is 0 Å². The molecule has 0 fully saturated rings.